The van der Waals surface area contributed by atoms with Crippen molar-refractivity contribution in [3.8, 4) is 0 Å². The fraction of sp³-hybridized carbons (Fsp3) is 0.500. The van der Waals surface area contributed by atoms with E-state index in [4.69, 9.17) is 34.4 Å². The lowest BCUT2D eigenvalue weighted by molar-refractivity contribution is -0.193. The monoisotopic (exact) mass is 683 g/mol. The van der Waals surface area contributed by atoms with Crippen molar-refractivity contribution in [3.05, 3.63) is 48.3 Å². The zero-order valence-corrected chi connectivity index (χ0v) is 23.4. The van der Waals surface area contributed by atoms with Gasteiger partial charge in [-0.2, -0.15) is 39.5 Å². The van der Waals surface area contributed by atoms with E-state index in [9.17, 15) is 44.3 Å². The zero-order valence-electron chi connectivity index (χ0n) is 23.4. The van der Waals surface area contributed by atoms with Gasteiger partial charge in [-0.1, -0.05) is 6.07 Å². The molecular weight excluding hydrogens is 657 g/mol. The second kappa shape index (κ2) is 16.2. The average molecular weight is 683 g/mol. The molecule has 2 aliphatic rings. The zero-order chi connectivity index (χ0) is 35.5. The lowest BCUT2D eigenvalue weighted by atomic mass is 9.88. The first-order chi connectivity index (χ1) is 21.0. The molecule has 1 saturated heterocycles. The van der Waals surface area contributed by atoms with Crippen molar-refractivity contribution in [1.29, 1.82) is 0 Å². The fourth-order valence-corrected chi connectivity index (χ4v) is 3.86. The highest BCUT2D eigenvalue weighted by molar-refractivity contribution is 5.80. The molecule has 13 nitrogen and oxygen atoms in total. The highest BCUT2D eigenvalue weighted by atomic mass is 19.4. The van der Waals surface area contributed by atoms with Gasteiger partial charge in [-0.25, -0.2) is 19.4 Å². The van der Waals surface area contributed by atoms with E-state index in [1.165, 1.54) is 5.56 Å². The van der Waals surface area contributed by atoms with Gasteiger partial charge in [0.05, 0.1) is 6.54 Å². The number of rotatable bonds is 3. The standard InChI is InChI=1S/C18H23N5O2.3C2HF3O2/c1-19-16(24)15-13-23-10-7-21-17(23)18(25-15)4-8-22(9-5-18)12-14-3-2-6-20-11-14;3*3-2(4,5)1(6)7/h2-3,6-7,10-11,15H,4-5,8-9,12-13H2,1H3,(H,19,24);3*(H,6,7). The van der Waals surface area contributed by atoms with Crippen LogP contribution in [0.4, 0.5) is 39.5 Å². The molecule has 4 heterocycles. The number of carbonyl (C=O) groups is 4. The first-order valence-electron chi connectivity index (χ1n) is 12.5. The number of alkyl halides is 9. The number of likely N-dealkylation sites (N-methyl/N-ethyl adjacent to an activating group) is 1. The van der Waals surface area contributed by atoms with E-state index in [2.05, 4.69) is 30.8 Å². The van der Waals surface area contributed by atoms with Crippen LogP contribution >= 0.6 is 0 Å². The number of fused-ring (bicyclic) bond motifs is 2. The van der Waals surface area contributed by atoms with Gasteiger partial charge in [0.2, 0.25) is 0 Å². The van der Waals surface area contributed by atoms with Crippen LogP contribution < -0.4 is 5.32 Å². The van der Waals surface area contributed by atoms with Gasteiger partial charge in [0, 0.05) is 51.5 Å². The van der Waals surface area contributed by atoms with E-state index in [0.29, 0.717) is 6.54 Å². The Hall–Kier alpha value is -4.47. The highest BCUT2D eigenvalue weighted by Gasteiger charge is 2.47. The maximum absolute atomic E-state index is 12.1. The smallest absolute Gasteiger partial charge is 0.475 e. The molecule has 0 aromatic carbocycles. The van der Waals surface area contributed by atoms with Crippen LogP contribution in [0.2, 0.25) is 0 Å². The normalized spacial score (nSPS) is 17.4. The molecule has 0 aliphatic carbocycles. The molecule has 1 unspecified atom stereocenters. The molecule has 1 amide bonds. The summed E-state index contributed by atoms with van der Waals surface area (Å²) in [5.74, 6) is -7.39. The third-order valence-corrected chi connectivity index (χ3v) is 5.91. The van der Waals surface area contributed by atoms with E-state index < -0.39 is 48.1 Å². The van der Waals surface area contributed by atoms with E-state index in [1.807, 2.05) is 18.5 Å². The Morgan fingerprint density at radius 3 is 1.78 bits per heavy atom. The number of hydrogen-bond acceptors (Lipinski definition) is 8. The second-order valence-corrected chi connectivity index (χ2v) is 9.16. The van der Waals surface area contributed by atoms with E-state index >= 15 is 0 Å². The van der Waals surface area contributed by atoms with Crippen molar-refractivity contribution in [3.63, 3.8) is 0 Å². The number of piperidine rings is 1. The number of aliphatic carboxylic acids is 3. The molecule has 22 heteroatoms. The summed E-state index contributed by atoms with van der Waals surface area (Å²) in [6.45, 7) is 3.22. The van der Waals surface area contributed by atoms with Crippen molar-refractivity contribution in [2.24, 2.45) is 0 Å². The first-order valence-corrected chi connectivity index (χ1v) is 12.5. The molecule has 4 rings (SSSR count). The quantitative estimate of drug-likeness (QED) is 0.349. The fourth-order valence-electron chi connectivity index (χ4n) is 3.86. The number of pyridine rings is 1. The maximum Gasteiger partial charge on any atom is 0.490 e. The van der Waals surface area contributed by atoms with Crippen LogP contribution in [-0.4, -0.2) is 103 Å². The van der Waals surface area contributed by atoms with Gasteiger partial charge in [0.25, 0.3) is 5.91 Å². The van der Waals surface area contributed by atoms with Crippen LogP contribution in [0, 0.1) is 0 Å². The molecule has 258 valence electrons. The van der Waals surface area contributed by atoms with Gasteiger partial charge >= 0.3 is 36.4 Å². The summed E-state index contributed by atoms with van der Waals surface area (Å²) >= 11 is 0. The number of imidazole rings is 1. The topological polar surface area (TPSA) is 184 Å². The summed E-state index contributed by atoms with van der Waals surface area (Å²) in [5.41, 5.74) is 0.748. The van der Waals surface area contributed by atoms with Crippen molar-refractivity contribution in [1.82, 2.24) is 24.8 Å². The van der Waals surface area contributed by atoms with Gasteiger partial charge in [-0.05, 0) is 24.5 Å². The Kier molecular flexibility index (Phi) is 13.9. The predicted molar refractivity (Wildman–Crippen MR) is 133 cm³/mol. The third-order valence-electron chi connectivity index (χ3n) is 5.91. The number of carboxylic acids is 3. The molecule has 46 heavy (non-hydrogen) atoms. The number of carboxylic acid groups (broad SMARTS) is 3. The first kappa shape index (κ1) is 39.6. The van der Waals surface area contributed by atoms with E-state index in [1.54, 1.807) is 19.4 Å². The lowest BCUT2D eigenvalue weighted by Crippen LogP contribution is -2.53. The van der Waals surface area contributed by atoms with Crippen LogP contribution in [0.5, 0.6) is 0 Å². The summed E-state index contributed by atoms with van der Waals surface area (Å²) < 4.78 is 104. The molecule has 1 atom stereocenters. The van der Waals surface area contributed by atoms with Crippen molar-refractivity contribution in [2.75, 3.05) is 20.1 Å². The van der Waals surface area contributed by atoms with Crippen molar-refractivity contribution in [2.45, 2.75) is 56.2 Å². The van der Waals surface area contributed by atoms with E-state index in [-0.39, 0.29) is 5.91 Å². The van der Waals surface area contributed by atoms with Gasteiger partial charge in [-0.3, -0.25) is 14.7 Å². The summed E-state index contributed by atoms with van der Waals surface area (Å²) in [6.07, 6.45) is -6.60. The molecule has 2 aliphatic heterocycles. The third kappa shape index (κ3) is 12.5. The second-order valence-electron chi connectivity index (χ2n) is 9.16. The van der Waals surface area contributed by atoms with Crippen molar-refractivity contribution < 1.29 is 78.7 Å². The SMILES string of the molecule is CNC(=O)C1Cn2ccnc2C2(CCN(Cc3cccnc3)CC2)O1.O=C(O)C(F)(F)F.O=C(O)C(F)(F)F.O=C(O)C(F)(F)F. The lowest BCUT2D eigenvalue weighted by Gasteiger charge is -2.45. The summed E-state index contributed by atoms with van der Waals surface area (Å²) in [5, 5.41) is 24.1. The summed E-state index contributed by atoms with van der Waals surface area (Å²) in [4.78, 5) is 50.0. The summed E-state index contributed by atoms with van der Waals surface area (Å²) in [7, 11) is 1.65. The van der Waals surface area contributed by atoms with Crippen LogP contribution in [0.1, 0.15) is 24.2 Å². The minimum absolute atomic E-state index is 0.0727. The number of carbonyl (C=O) groups excluding carboxylic acids is 1. The van der Waals surface area contributed by atoms with Crippen LogP contribution in [-0.2, 0) is 42.6 Å². The Morgan fingerprint density at radius 2 is 1.39 bits per heavy atom. The molecule has 1 fully saturated rings. The number of nitrogens with zero attached hydrogens (tertiary/aromatic N) is 4. The van der Waals surface area contributed by atoms with Crippen LogP contribution in [0.15, 0.2) is 36.9 Å². The number of aromatic nitrogens is 3. The molecule has 2 aromatic rings. The molecular formula is C24H26F9N5O8. The number of nitrogens with one attached hydrogen (secondary N) is 1. The number of amides is 1. The maximum atomic E-state index is 12.1. The average Bonchev–Trinajstić information content (AvgIpc) is 3.44. The number of hydrogen-bond donors (Lipinski definition) is 4. The van der Waals surface area contributed by atoms with Crippen LogP contribution in [0.3, 0.4) is 0 Å². The Labute approximate surface area is 252 Å². The Bertz CT molecular complexity index is 1250. The highest BCUT2D eigenvalue weighted by Crippen LogP contribution is 2.40. The van der Waals surface area contributed by atoms with Crippen molar-refractivity contribution >= 4 is 23.8 Å². The van der Waals surface area contributed by atoms with E-state index in [0.717, 1.165) is 38.3 Å². The Balaban J connectivity index is 0.000000413. The van der Waals surface area contributed by atoms with Gasteiger partial charge in [-0.15, -0.1) is 0 Å². The minimum atomic E-state index is -5.08. The molecule has 0 radical (unpaired) electrons. The number of ether oxygens (including phenoxy) is 1. The molecule has 1 spiro atoms. The summed E-state index contributed by atoms with van der Waals surface area (Å²) in [6, 6.07) is 4.07. The molecule has 4 N–H and O–H groups in total. The number of likely N-dealkylation sites (tertiary alicyclic amines) is 1. The van der Waals surface area contributed by atoms with Crippen LogP contribution in [0.25, 0.3) is 0 Å². The molecule has 0 bridgehead atoms. The predicted octanol–water partition coefficient (Wildman–Crippen LogP) is 2.81. The van der Waals surface area contributed by atoms with Gasteiger partial charge < -0.3 is 29.9 Å². The largest absolute Gasteiger partial charge is 0.490 e. The minimum Gasteiger partial charge on any atom is -0.475 e. The molecule has 2 aromatic heterocycles. The molecule has 0 saturated carbocycles. The van der Waals surface area contributed by atoms with Gasteiger partial charge in [0.15, 0.2) is 6.10 Å². The van der Waals surface area contributed by atoms with Gasteiger partial charge in [0.1, 0.15) is 11.4 Å². The Morgan fingerprint density at radius 1 is 0.913 bits per heavy atom. The number of halogens is 9.